The molecule has 1 fully saturated rings. The van der Waals surface area contributed by atoms with E-state index in [9.17, 15) is 13.2 Å². The van der Waals surface area contributed by atoms with E-state index in [4.69, 9.17) is 5.73 Å². The highest BCUT2D eigenvalue weighted by atomic mass is 32.2. The average molecular weight is 380 g/mol. The molecule has 1 amide bonds. The first-order valence-corrected chi connectivity index (χ1v) is 10.3. The maximum absolute atomic E-state index is 12.6. The summed E-state index contributed by atoms with van der Waals surface area (Å²) in [5.74, 6) is -0.156. The summed E-state index contributed by atoms with van der Waals surface area (Å²) in [7, 11) is -3.51. The van der Waals surface area contributed by atoms with Gasteiger partial charge in [-0.15, -0.1) is 11.3 Å². The van der Waals surface area contributed by atoms with Crippen LogP contribution < -0.4 is 5.73 Å². The number of amides is 1. The number of piperazine rings is 1. The van der Waals surface area contributed by atoms with Crippen LogP contribution in [-0.2, 0) is 16.4 Å². The Morgan fingerprint density at radius 3 is 2.48 bits per heavy atom. The van der Waals surface area contributed by atoms with Crippen LogP contribution in [0.4, 0.5) is 0 Å². The summed E-state index contributed by atoms with van der Waals surface area (Å²) < 4.78 is 26.6. The summed E-state index contributed by atoms with van der Waals surface area (Å²) in [6.07, 6.45) is 0.654. The summed E-state index contributed by atoms with van der Waals surface area (Å²) in [6, 6.07) is 8.35. The summed E-state index contributed by atoms with van der Waals surface area (Å²) in [5, 5.41) is 2.58. The van der Waals surface area contributed by atoms with Gasteiger partial charge in [-0.3, -0.25) is 4.79 Å². The van der Waals surface area contributed by atoms with Gasteiger partial charge in [-0.05, 0) is 18.7 Å². The Hall–Kier alpha value is -1.81. The van der Waals surface area contributed by atoms with Crippen molar-refractivity contribution in [2.24, 2.45) is 5.73 Å². The number of thiazole rings is 1. The van der Waals surface area contributed by atoms with E-state index in [1.807, 2.05) is 0 Å². The van der Waals surface area contributed by atoms with Crippen LogP contribution in [0.15, 0.2) is 40.6 Å². The molecule has 1 aromatic heterocycles. The molecule has 134 valence electrons. The fraction of sp³-hybridized carbons (Fsp3) is 0.375. The van der Waals surface area contributed by atoms with Crippen molar-refractivity contribution in [1.82, 2.24) is 14.2 Å². The van der Waals surface area contributed by atoms with Crippen molar-refractivity contribution in [1.29, 1.82) is 0 Å². The Labute approximate surface area is 151 Å². The quantitative estimate of drug-likeness (QED) is 0.827. The van der Waals surface area contributed by atoms with Gasteiger partial charge >= 0.3 is 0 Å². The van der Waals surface area contributed by atoms with Crippen molar-refractivity contribution in [3.8, 4) is 0 Å². The Bertz CT molecular complexity index is 828. The van der Waals surface area contributed by atoms with E-state index in [-0.39, 0.29) is 23.9 Å². The molecule has 0 bridgehead atoms. The Kier molecular flexibility index (Phi) is 5.48. The minimum absolute atomic E-state index is 0.156. The van der Waals surface area contributed by atoms with Gasteiger partial charge in [0.05, 0.1) is 9.90 Å². The van der Waals surface area contributed by atoms with Crippen molar-refractivity contribution in [3.63, 3.8) is 0 Å². The molecule has 7 nitrogen and oxygen atoms in total. The van der Waals surface area contributed by atoms with Crippen LogP contribution in [0.25, 0.3) is 0 Å². The number of hydrogen-bond donors (Lipinski definition) is 1. The van der Waals surface area contributed by atoms with Crippen molar-refractivity contribution in [2.75, 3.05) is 32.7 Å². The normalized spacial score (nSPS) is 16.1. The minimum atomic E-state index is -3.51. The van der Waals surface area contributed by atoms with Gasteiger partial charge in [0, 0.05) is 38.0 Å². The lowest BCUT2D eigenvalue weighted by Gasteiger charge is -2.33. The third kappa shape index (κ3) is 3.90. The van der Waals surface area contributed by atoms with Crippen LogP contribution in [-0.4, -0.2) is 61.2 Å². The van der Waals surface area contributed by atoms with E-state index in [2.05, 4.69) is 4.98 Å². The summed E-state index contributed by atoms with van der Waals surface area (Å²) >= 11 is 1.42. The summed E-state index contributed by atoms with van der Waals surface area (Å²) in [5.41, 5.74) is 5.91. The lowest BCUT2D eigenvalue weighted by molar-refractivity contribution is 0.0692. The molecule has 2 N–H and O–H groups in total. The lowest BCUT2D eigenvalue weighted by atomic mass is 10.3. The number of sulfonamides is 1. The topological polar surface area (TPSA) is 96.6 Å². The van der Waals surface area contributed by atoms with Crippen molar-refractivity contribution >= 4 is 27.3 Å². The molecule has 1 aromatic carbocycles. The number of rotatable bonds is 5. The molecule has 0 saturated carbocycles. The van der Waals surface area contributed by atoms with Crippen LogP contribution in [0.2, 0.25) is 0 Å². The van der Waals surface area contributed by atoms with Crippen LogP contribution in [0, 0.1) is 0 Å². The molecule has 1 aliphatic rings. The maximum Gasteiger partial charge on any atom is 0.273 e. The van der Waals surface area contributed by atoms with E-state index in [0.717, 1.165) is 5.01 Å². The fourth-order valence-electron chi connectivity index (χ4n) is 2.68. The average Bonchev–Trinajstić information content (AvgIpc) is 3.11. The zero-order valence-corrected chi connectivity index (χ0v) is 15.3. The van der Waals surface area contributed by atoms with E-state index in [1.54, 1.807) is 40.6 Å². The highest BCUT2D eigenvalue weighted by Crippen LogP contribution is 2.19. The fourth-order valence-corrected chi connectivity index (χ4v) is 4.91. The van der Waals surface area contributed by atoms with Gasteiger partial charge in [0.1, 0.15) is 5.69 Å². The minimum Gasteiger partial charge on any atom is -0.335 e. The first-order valence-electron chi connectivity index (χ1n) is 8.01. The number of benzene rings is 1. The van der Waals surface area contributed by atoms with Crippen molar-refractivity contribution < 1.29 is 13.2 Å². The molecule has 0 atom stereocenters. The van der Waals surface area contributed by atoms with E-state index in [0.29, 0.717) is 31.7 Å². The third-order valence-corrected chi connectivity index (χ3v) is 6.86. The molecule has 25 heavy (non-hydrogen) atoms. The zero-order valence-electron chi connectivity index (χ0n) is 13.7. The van der Waals surface area contributed by atoms with Gasteiger partial charge in [-0.25, -0.2) is 13.4 Å². The standard InChI is InChI=1S/C16H20N4O3S2/c17-7-6-15-18-14(12-24-15)16(21)19-8-10-20(11-9-19)25(22,23)13-4-2-1-3-5-13/h1-5,12H,6-11,17H2. The number of aromatic nitrogens is 1. The molecule has 1 saturated heterocycles. The van der Waals surface area contributed by atoms with Crippen LogP contribution >= 0.6 is 11.3 Å². The molecular formula is C16H20N4O3S2. The highest BCUT2D eigenvalue weighted by molar-refractivity contribution is 7.89. The lowest BCUT2D eigenvalue weighted by Crippen LogP contribution is -2.50. The van der Waals surface area contributed by atoms with Gasteiger partial charge in [0.15, 0.2) is 0 Å². The second kappa shape index (κ2) is 7.61. The molecule has 3 rings (SSSR count). The second-order valence-corrected chi connectivity index (χ2v) is 8.56. The number of carbonyl (C=O) groups excluding carboxylic acids is 1. The van der Waals surface area contributed by atoms with Gasteiger partial charge in [0.25, 0.3) is 5.91 Å². The third-order valence-electron chi connectivity index (χ3n) is 4.04. The Balaban J connectivity index is 1.64. The monoisotopic (exact) mass is 380 g/mol. The smallest absolute Gasteiger partial charge is 0.273 e. The van der Waals surface area contributed by atoms with Gasteiger partial charge in [-0.2, -0.15) is 4.31 Å². The molecule has 0 aliphatic carbocycles. The molecule has 0 radical (unpaired) electrons. The second-order valence-electron chi connectivity index (χ2n) is 5.67. The SMILES string of the molecule is NCCc1nc(C(=O)N2CCN(S(=O)(=O)c3ccccc3)CC2)cs1. The molecule has 9 heteroatoms. The van der Waals surface area contributed by atoms with Gasteiger partial charge in [-0.1, -0.05) is 18.2 Å². The largest absolute Gasteiger partial charge is 0.335 e. The predicted octanol–water partition coefficient (Wildman–Crippen LogP) is 0.791. The molecule has 2 aromatic rings. The van der Waals surface area contributed by atoms with Gasteiger partial charge in [0.2, 0.25) is 10.0 Å². The van der Waals surface area contributed by atoms with E-state index in [1.165, 1.54) is 15.6 Å². The number of hydrogen-bond acceptors (Lipinski definition) is 6. The molecule has 1 aliphatic heterocycles. The Morgan fingerprint density at radius 2 is 1.84 bits per heavy atom. The number of nitrogens with two attached hydrogens (primary N) is 1. The molecular weight excluding hydrogens is 360 g/mol. The summed E-state index contributed by atoms with van der Waals surface area (Å²) in [6.45, 7) is 1.77. The Morgan fingerprint density at radius 1 is 1.16 bits per heavy atom. The van der Waals surface area contributed by atoms with Crippen molar-refractivity contribution in [3.05, 3.63) is 46.4 Å². The van der Waals surface area contributed by atoms with Crippen LogP contribution in [0.1, 0.15) is 15.5 Å². The van der Waals surface area contributed by atoms with Crippen LogP contribution in [0.5, 0.6) is 0 Å². The molecule has 0 spiro atoms. The highest BCUT2D eigenvalue weighted by Gasteiger charge is 2.30. The van der Waals surface area contributed by atoms with Crippen LogP contribution in [0.3, 0.4) is 0 Å². The first-order chi connectivity index (χ1) is 12.0. The van der Waals surface area contributed by atoms with Gasteiger partial charge < -0.3 is 10.6 Å². The molecule has 2 heterocycles. The van der Waals surface area contributed by atoms with E-state index < -0.39 is 10.0 Å². The number of carbonyl (C=O) groups is 1. The predicted molar refractivity (Wildman–Crippen MR) is 96.0 cm³/mol. The zero-order chi connectivity index (χ0) is 17.9. The van der Waals surface area contributed by atoms with E-state index >= 15 is 0 Å². The number of nitrogens with zero attached hydrogens (tertiary/aromatic N) is 3. The maximum atomic E-state index is 12.6. The van der Waals surface area contributed by atoms with Crippen molar-refractivity contribution in [2.45, 2.75) is 11.3 Å². The molecule has 0 unspecified atom stereocenters. The summed E-state index contributed by atoms with van der Waals surface area (Å²) in [4.78, 5) is 18.7. The first kappa shape index (κ1) is 18.0.